The number of allylic oxidation sites excluding steroid dienone is 2. The van der Waals surface area contributed by atoms with Crippen LogP contribution >= 0.6 is 0 Å². The normalized spacial score (nSPS) is 40.5. The molecule has 0 aromatic carbocycles. The molecule has 1 aromatic rings. The van der Waals surface area contributed by atoms with Gasteiger partial charge in [-0.3, -0.25) is 0 Å². The molecule has 7 atom stereocenters. The first-order valence-corrected chi connectivity index (χ1v) is 12.6. The van der Waals surface area contributed by atoms with Crippen LogP contribution in [-0.2, 0) is 4.74 Å². The third kappa shape index (κ3) is 3.43. The van der Waals surface area contributed by atoms with Gasteiger partial charge in [-0.2, -0.15) is 0 Å². The highest BCUT2D eigenvalue weighted by Crippen LogP contribution is 2.67. The first kappa shape index (κ1) is 21.8. The summed E-state index contributed by atoms with van der Waals surface area (Å²) in [6, 6.07) is 3.54. The summed E-state index contributed by atoms with van der Waals surface area (Å²) < 4.78 is 10.9. The molecule has 5 nitrogen and oxygen atoms in total. The maximum atomic E-state index is 11.9. The van der Waals surface area contributed by atoms with Gasteiger partial charge in [-0.1, -0.05) is 25.5 Å². The number of nitrogens with one attached hydrogen (secondary N) is 1. The molecular formula is C27H37NO4. The predicted octanol–water partition coefficient (Wildman–Crippen LogP) is 5.80. The van der Waals surface area contributed by atoms with Gasteiger partial charge in [-0.05, 0) is 104 Å². The molecule has 0 aliphatic heterocycles. The first-order valence-electron chi connectivity index (χ1n) is 12.6. The van der Waals surface area contributed by atoms with Crippen molar-refractivity contribution in [2.45, 2.75) is 84.2 Å². The van der Waals surface area contributed by atoms with Crippen molar-refractivity contribution in [2.24, 2.45) is 28.6 Å². The number of carbonyl (C=O) groups excluding carboxylic acids is 1. The number of hydrogen-bond acceptors (Lipinski definition) is 4. The molecule has 1 aromatic heterocycles. The Kier molecular flexibility index (Phi) is 5.50. The highest BCUT2D eigenvalue weighted by atomic mass is 16.6. The van der Waals surface area contributed by atoms with Crippen LogP contribution < -0.4 is 10.9 Å². The predicted molar refractivity (Wildman–Crippen MR) is 123 cm³/mol. The minimum atomic E-state index is -0.271. The molecule has 0 spiro atoms. The number of amides is 1. The molecule has 1 heterocycles. The quantitative estimate of drug-likeness (QED) is 0.604. The molecular weight excluding hydrogens is 402 g/mol. The lowest BCUT2D eigenvalue weighted by Gasteiger charge is -2.59. The van der Waals surface area contributed by atoms with Crippen molar-refractivity contribution >= 4 is 6.09 Å². The Balaban J connectivity index is 1.33. The molecule has 0 saturated heterocycles. The lowest BCUT2D eigenvalue weighted by atomic mass is 9.46. The maximum absolute atomic E-state index is 11.9. The Morgan fingerprint density at radius 2 is 2.03 bits per heavy atom. The van der Waals surface area contributed by atoms with Crippen molar-refractivity contribution in [3.05, 3.63) is 46.0 Å². The van der Waals surface area contributed by atoms with Gasteiger partial charge in [0.1, 0.15) is 6.10 Å². The van der Waals surface area contributed by atoms with Crippen LogP contribution in [0.15, 0.2) is 39.3 Å². The Morgan fingerprint density at radius 1 is 1.19 bits per heavy atom. The second-order valence-electron chi connectivity index (χ2n) is 11.1. The van der Waals surface area contributed by atoms with Gasteiger partial charge in [-0.15, -0.1) is 0 Å². The van der Waals surface area contributed by atoms with Gasteiger partial charge in [0.15, 0.2) is 0 Å². The minimum Gasteiger partial charge on any atom is -0.446 e. The Bertz CT molecular complexity index is 946. The van der Waals surface area contributed by atoms with Crippen molar-refractivity contribution in [3.8, 4) is 0 Å². The molecule has 5 rings (SSSR count). The number of alkyl carbamates (subject to hydrolysis) is 1. The monoisotopic (exact) mass is 439 g/mol. The number of carbonyl (C=O) groups is 1. The number of ether oxygens (including phenoxy) is 1. The Morgan fingerprint density at radius 3 is 2.78 bits per heavy atom. The third-order valence-electron chi connectivity index (χ3n) is 9.74. The molecule has 4 aliphatic carbocycles. The first-order chi connectivity index (χ1) is 15.3. The molecule has 3 saturated carbocycles. The van der Waals surface area contributed by atoms with E-state index in [9.17, 15) is 9.59 Å². The van der Waals surface area contributed by atoms with Gasteiger partial charge >= 0.3 is 11.7 Å². The van der Waals surface area contributed by atoms with Crippen LogP contribution in [0.25, 0.3) is 0 Å². The standard InChI is InChI=1S/C27H37NO4/c1-4-28-25(30)32-19-11-13-26(2)18(15-19)6-7-20-22-9-8-21(17-5-10-24(29)31-16-17)27(22,3)14-12-23(20)26/h5,9-10,16,18-21,23H,4,6-8,11-15H2,1-3H3,(H,28,30)/t18-,19+,20+,21-,23+,26+,27-/m1/s1. The lowest BCUT2D eigenvalue weighted by Crippen LogP contribution is -2.52. The van der Waals surface area contributed by atoms with Crippen LogP contribution in [-0.4, -0.2) is 18.7 Å². The van der Waals surface area contributed by atoms with E-state index in [-0.39, 0.29) is 23.2 Å². The van der Waals surface area contributed by atoms with E-state index in [0.29, 0.717) is 29.7 Å². The summed E-state index contributed by atoms with van der Waals surface area (Å²) in [5.74, 6) is 2.44. The van der Waals surface area contributed by atoms with Gasteiger partial charge < -0.3 is 14.5 Å². The molecule has 32 heavy (non-hydrogen) atoms. The van der Waals surface area contributed by atoms with E-state index in [0.717, 1.165) is 31.6 Å². The second-order valence-corrected chi connectivity index (χ2v) is 11.1. The van der Waals surface area contributed by atoms with Crippen molar-refractivity contribution in [3.63, 3.8) is 0 Å². The lowest BCUT2D eigenvalue weighted by molar-refractivity contribution is -0.0842. The minimum absolute atomic E-state index is 0.0628. The van der Waals surface area contributed by atoms with E-state index in [4.69, 9.17) is 9.15 Å². The summed E-state index contributed by atoms with van der Waals surface area (Å²) in [6.45, 7) is 7.51. The van der Waals surface area contributed by atoms with Crippen molar-refractivity contribution in [2.75, 3.05) is 6.54 Å². The van der Waals surface area contributed by atoms with E-state index in [1.165, 1.54) is 31.2 Å². The van der Waals surface area contributed by atoms with Crippen LogP contribution in [0.1, 0.15) is 83.6 Å². The van der Waals surface area contributed by atoms with Crippen molar-refractivity contribution in [1.82, 2.24) is 5.32 Å². The molecule has 0 bridgehead atoms. The van der Waals surface area contributed by atoms with Crippen LogP contribution in [0.2, 0.25) is 0 Å². The Hall–Kier alpha value is -2.04. The van der Waals surface area contributed by atoms with Gasteiger partial charge in [-0.25, -0.2) is 9.59 Å². The number of rotatable bonds is 3. The topological polar surface area (TPSA) is 68.5 Å². The fraction of sp³-hybridized carbons (Fsp3) is 0.704. The van der Waals surface area contributed by atoms with E-state index in [1.807, 2.05) is 13.0 Å². The summed E-state index contributed by atoms with van der Waals surface area (Å²) in [5, 5.41) is 2.78. The van der Waals surface area contributed by atoms with E-state index < -0.39 is 0 Å². The highest BCUT2D eigenvalue weighted by molar-refractivity contribution is 5.67. The number of hydrogen-bond donors (Lipinski definition) is 1. The molecule has 3 fully saturated rings. The third-order valence-corrected chi connectivity index (χ3v) is 9.74. The van der Waals surface area contributed by atoms with Crippen molar-refractivity contribution in [1.29, 1.82) is 0 Å². The van der Waals surface area contributed by atoms with Crippen LogP contribution in [0.3, 0.4) is 0 Å². The molecule has 1 N–H and O–H groups in total. The molecule has 0 unspecified atom stereocenters. The molecule has 4 aliphatic rings. The average Bonchev–Trinajstić information content (AvgIpc) is 3.12. The van der Waals surface area contributed by atoms with E-state index >= 15 is 0 Å². The zero-order chi connectivity index (χ0) is 22.5. The molecule has 0 radical (unpaired) electrons. The molecule has 174 valence electrons. The summed E-state index contributed by atoms with van der Waals surface area (Å²) in [5.41, 5.74) is 3.07. The van der Waals surface area contributed by atoms with Crippen molar-refractivity contribution < 1.29 is 13.9 Å². The van der Waals surface area contributed by atoms with Gasteiger partial charge in [0.25, 0.3) is 0 Å². The fourth-order valence-corrected chi connectivity index (χ4v) is 8.06. The zero-order valence-electron chi connectivity index (χ0n) is 19.7. The number of fused-ring (bicyclic) bond motifs is 5. The Labute approximate surface area is 191 Å². The largest absolute Gasteiger partial charge is 0.446 e. The van der Waals surface area contributed by atoms with Crippen LogP contribution in [0.5, 0.6) is 0 Å². The second kappa shape index (κ2) is 8.07. The molecule has 5 heteroatoms. The summed E-state index contributed by atoms with van der Waals surface area (Å²) in [7, 11) is 0. The highest BCUT2D eigenvalue weighted by Gasteiger charge is 2.58. The SMILES string of the molecule is CCNC(=O)O[C@H]1CC[C@@]2(C)[C@H](CC[C@H]3C4=CC[C@H](c5ccc(=O)oc5)[C@@]4(C)CC[C@@H]32)C1. The zero-order valence-corrected chi connectivity index (χ0v) is 19.7. The van der Waals surface area contributed by atoms with E-state index in [2.05, 4.69) is 25.2 Å². The average molecular weight is 440 g/mol. The molecule has 1 amide bonds. The van der Waals surface area contributed by atoms with Gasteiger partial charge in [0.2, 0.25) is 0 Å². The maximum Gasteiger partial charge on any atom is 0.407 e. The summed E-state index contributed by atoms with van der Waals surface area (Å²) in [6.07, 6.45) is 13.2. The summed E-state index contributed by atoms with van der Waals surface area (Å²) >= 11 is 0. The van der Waals surface area contributed by atoms with Crippen LogP contribution in [0.4, 0.5) is 4.79 Å². The summed E-state index contributed by atoms with van der Waals surface area (Å²) in [4.78, 5) is 23.4. The van der Waals surface area contributed by atoms with E-state index in [1.54, 1.807) is 17.9 Å². The van der Waals surface area contributed by atoms with Crippen LogP contribution in [0, 0.1) is 28.6 Å². The fourth-order valence-electron chi connectivity index (χ4n) is 8.06. The smallest absolute Gasteiger partial charge is 0.407 e. The van der Waals surface area contributed by atoms with Gasteiger partial charge in [0.05, 0.1) is 6.26 Å². The van der Waals surface area contributed by atoms with Gasteiger partial charge in [0, 0.05) is 12.6 Å².